The molecule has 5 aromatic rings. The minimum absolute atomic E-state index is 0.100. The number of pyridine rings is 1. The largest absolute Gasteiger partial charge is 0.453 e. The van der Waals surface area contributed by atoms with E-state index in [-0.39, 0.29) is 47.8 Å². The summed E-state index contributed by atoms with van der Waals surface area (Å²) in [5, 5.41) is 6.47. The molecule has 15 heteroatoms. The summed E-state index contributed by atoms with van der Waals surface area (Å²) in [4.78, 5) is 77.0. The van der Waals surface area contributed by atoms with Crippen LogP contribution in [0.5, 0.6) is 0 Å². The van der Waals surface area contributed by atoms with Crippen LogP contribution < -0.4 is 10.6 Å². The van der Waals surface area contributed by atoms with Crippen molar-refractivity contribution in [1.82, 2.24) is 45.4 Å². The number of aromatic nitrogens is 5. The maximum atomic E-state index is 13.8. The van der Waals surface area contributed by atoms with E-state index in [4.69, 9.17) is 24.4 Å². The van der Waals surface area contributed by atoms with Crippen LogP contribution in [0.25, 0.3) is 44.7 Å². The van der Waals surface area contributed by atoms with Crippen molar-refractivity contribution >= 4 is 34.9 Å². The first-order valence-corrected chi connectivity index (χ1v) is 20.9. The normalized spacial score (nSPS) is 23.6. The molecule has 3 aromatic heterocycles. The van der Waals surface area contributed by atoms with Crippen LogP contribution in [0.2, 0.25) is 0 Å². The van der Waals surface area contributed by atoms with Crippen LogP contribution in [0.4, 0.5) is 9.59 Å². The lowest BCUT2D eigenvalue weighted by Gasteiger charge is -2.31. The number of carbonyl (C=O) groups excluding carboxylic acids is 4. The number of H-pyrrole nitrogens is 2. The minimum atomic E-state index is -0.690. The molecule has 2 aliphatic heterocycles. The molecule has 2 aromatic carbocycles. The van der Waals surface area contributed by atoms with E-state index in [0.717, 1.165) is 82.0 Å². The Bertz CT molecular complexity index is 2460. The number of rotatable bonds is 11. The highest BCUT2D eigenvalue weighted by Gasteiger charge is 2.57. The van der Waals surface area contributed by atoms with Crippen LogP contribution in [-0.2, 0) is 19.1 Å². The first kappa shape index (κ1) is 39.2. The minimum Gasteiger partial charge on any atom is -0.453 e. The van der Waals surface area contributed by atoms with Gasteiger partial charge in [0.05, 0.1) is 61.3 Å². The zero-order valence-corrected chi connectivity index (χ0v) is 34.6. The highest BCUT2D eigenvalue weighted by atomic mass is 16.5. The molecular formula is C45H51N9O6. The molecule has 60 heavy (non-hydrogen) atoms. The average molecular weight is 814 g/mol. The van der Waals surface area contributed by atoms with Gasteiger partial charge in [0.2, 0.25) is 11.8 Å². The van der Waals surface area contributed by atoms with Crippen LogP contribution in [0.3, 0.4) is 0 Å². The Balaban J connectivity index is 0.880. The standard InChI is InChI=1S/C45H51N9O6/c1-22(2)38(51-44(57)59-5)42(55)53-34-16-28(34)18-36(53)40-46-20-32(49-40)25-9-7-24(8-10-25)26-11-13-30-27(15-26)12-14-31(48-30)33-21-47-41(50-33)37-19-29-17-35(29)54(37)43(56)39(23(3)4)52-45(58)60-6/h7-15,20-23,28-29,34-39H,16-19H2,1-6H3,(H,46,49)(H,47,50)(H,51,57)(H,52,58)/t28?,29-,34-,35?,36+,37+,38+,39+/m1/s1. The number of hydrogen-bond acceptors (Lipinski definition) is 9. The van der Waals surface area contributed by atoms with Gasteiger partial charge in [-0.15, -0.1) is 0 Å². The predicted octanol–water partition coefficient (Wildman–Crippen LogP) is 6.77. The van der Waals surface area contributed by atoms with E-state index in [1.54, 1.807) is 6.20 Å². The molecule has 4 amide bonds. The van der Waals surface area contributed by atoms with E-state index in [1.165, 1.54) is 14.2 Å². The zero-order chi connectivity index (χ0) is 42.0. The Kier molecular flexibility index (Phi) is 10.1. The first-order valence-electron chi connectivity index (χ1n) is 20.9. The molecule has 15 nitrogen and oxygen atoms in total. The molecule has 0 radical (unpaired) electrons. The van der Waals surface area contributed by atoms with Crippen molar-refractivity contribution in [3.8, 4) is 33.8 Å². The Morgan fingerprint density at radius 2 is 1.15 bits per heavy atom. The summed E-state index contributed by atoms with van der Waals surface area (Å²) in [7, 11) is 2.60. The number of benzene rings is 2. The van der Waals surface area contributed by atoms with E-state index in [0.29, 0.717) is 11.8 Å². The number of ether oxygens (including phenoxy) is 2. The number of nitrogens with one attached hydrogen (secondary N) is 4. The van der Waals surface area contributed by atoms with Crippen LogP contribution in [0.1, 0.15) is 77.1 Å². The molecule has 5 heterocycles. The third-order valence-electron chi connectivity index (χ3n) is 12.8. The molecule has 4 fully saturated rings. The number of aromatic amines is 2. The van der Waals surface area contributed by atoms with Crippen molar-refractivity contribution in [2.45, 2.75) is 89.6 Å². The fourth-order valence-electron chi connectivity index (χ4n) is 9.34. The monoisotopic (exact) mass is 813 g/mol. The van der Waals surface area contributed by atoms with Crippen molar-refractivity contribution in [1.29, 1.82) is 0 Å². The van der Waals surface area contributed by atoms with E-state index in [9.17, 15) is 19.2 Å². The molecule has 8 atom stereocenters. The summed E-state index contributed by atoms with van der Waals surface area (Å²) >= 11 is 0. The third kappa shape index (κ3) is 7.23. The quantitative estimate of drug-likeness (QED) is 0.112. The summed E-state index contributed by atoms with van der Waals surface area (Å²) in [5.74, 6) is 1.92. The number of amides is 4. The molecular weight excluding hydrogens is 763 g/mol. The fourth-order valence-corrected chi connectivity index (χ4v) is 9.34. The van der Waals surface area contributed by atoms with Crippen molar-refractivity contribution in [3.63, 3.8) is 0 Å². The Morgan fingerprint density at radius 1 is 0.650 bits per heavy atom. The van der Waals surface area contributed by atoms with Crippen molar-refractivity contribution < 1.29 is 28.7 Å². The Morgan fingerprint density at radius 3 is 1.68 bits per heavy atom. The van der Waals surface area contributed by atoms with E-state index >= 15 is 0 Å². The number of hydrogen-bond donors (Lipinski definition) is 4. The fraction of sp³-hybridized carbons (Fsp3) is 0.444. The van der Waals surface area contributed by atoms with E-state index in [1.807, 2.05) is 55.8 Å². The van der Waals surface area contributed by atoms with Gasteiger partial charge in [0.15, 0.2) is 0 Å². The van der Waals surface area contributed by atoms with Gasteiger partial charge in [-0.05, 0) is 84.2 Å². The van der Waals surface area contributed by atoms with Gasteiger partial charge in [0, 0.05) is 17.5 Å². The molecule has 9 rings (SSSR count). The topological polar surface area (TPSA) is 188 Å². The number of methoxy groups -OCH3 is 2. The molecule has 4 N–H and O–H groups in total. The SMILES string of the molecule is COC(=O)N[C@H](C(=O)N1C2C[C@@H]2C[C@H]1c1ncc(-c2ccc3cc(-c4ccc(-c5cnc([C@@H]6CC7C[C@H]7N6C(=O)[C@@H](NC(=O)OC)C(C)C)[nH]5)cc4)ccc3n2)[nH]1)C(C)C. The lowest BCUT2D eigenvalue weighted by molar-refractivity contribution is -0.137. The third-order valence-corrected chi connectivity index (χ3v) is 12.8. The number of likely N-dealkylation sites (tertiary alicyclic amines) is 2. The summed E-state index contributed by atoms with van der Waals surface area (Å²) in [5.41, 5.74) is 6.34. The maximum Gasteiger partial charge on any atom is 0.407 e. The number of piperidine rings is 2. The molecule has 2 saturated heterocycles. The van der Waals surface area contributed by atoms with Gasteiger partial charge in [-0.25, -0.2) is 24.5 Å². The van der Waals surface area contributed by atoms with Crippen LogP contribution in [0, 0.1) is 23.7 Å². The van der Waals surface area contributed by atoms with Crippen molar-refractivity contribution in [2.24, 2.45) is 23.7 Å². The number of nitrogens with zero attached hydrogens (tertiary/aromatic N) is 5. The summed E-state index contributed by atoms with van der Waals surface area (Å²) in [6, 6.07) is 17.1. The Hall–Kier alpha value is -6.25. The number of carbonyl (C=O) groups is 4. The summed E-state index contributed by atoms with van der Waals surface area (Å²) in [6.07, 6.45) is 5.97. The van der Waals surface area contributed by atoms with Crippen molar-refractivity contribution in [3.05, 3.63) is 78.6 Å². The van der Waals surface area contributed by atoms with Crippen LogP contribution >= 0.6 is 0 Å². The lowest BCUT2D eigenvalue weighted by atomic mass is 10.0. The van der Waals surface area contributed by atoms with Gasteiger partial charge in [-0.1, -0.05) is 64.1 Å². The second-order valence-corrected chi connectivity index (χ2v) is 17.4. The van der Waals surface area contributed by atoms with E-state index in [2.05, 4.69) is 63.1 Å². The molecule has 0 bridgehead atoms. The molecule has 4 aliphatic rings. The van der Waals surface area contributed by atoms with Gasteiger partial charge in [-0.2, -0.15) is 0 Å². The zero-order valence-electron chi connectivity index (χ0n) is 34.6. The highest BCUT2D eigenvalue weighted by molar-refractivity contribution is 5.89. The molecule has 2 saturated carbocycles. The molecule has 2 aliphatic carbocycles. The van der Waals surface area contributed by atoms with E-state index < -0.39 is 24.3 Å². The van der Waals surface area contributed by atoms with Crippen molar-refractivity contribution in [2.75, 3.05) is 14.2 Å². The van der Waals surface area contributed by atoms with Gasteiger partial charge in [-0.3, -0.25) is 9.59 Å². The summed E-state index contributed by atoms with van der Waals surface area (Å²) < 4.78 is 9.60. The predicted molar refractivity (Wildman–Crippen MR) is 223 cm³/mol. The molecule has 2 unspecified atom stereocenters. The molecule has 0 spiro atoms. The number of alkyl carbamates (subject to hydrolysis) is 2. The summed E-state index contributed by atoms with van der Waals surface area (Å²) in [6.45, 7) is 7.67. The number of imidazole rings is 2. The first-order chi connectivity index (χ1) is 28.9. The Labute approximate surface area is 348 Å². The second-order valence-electron chi connectivity index (χ2n) is 17.4. The van der Waals surface area contributed by atoms with Gasteiger partial charge >= 0.3 is 12.2 Å². The lowest BCUT2D eigenvalue weighted by Crippen LogP contribution is -2.52. The average Bonchev–Trinajstić information content (AvgIpc) is 3.83. The number of fused-ring (bicyclic) bond motifs is 3. The van der Waals surface area contributed by atoms with Crippen LogP contribution in [-0.4, -0.2) is 97.1 Å². The van der Waals surface area contributed by atoms with Crippen LogP contribution in [0.15, 0.2) is 67.0 Å². The smallest absolute Gasteiger partial charge is 0.407 e. The second kappa shape index (κ2) is 15.4. The maximum absolute atomic E-state index is 13.8. The van der Waals surface area contributed by atoms with Gasteiger partial charge < -0.3 is 39.9 Å². The highest BCUT2D eigenvalue weighted by Crippen LogP contribution is 2.54. The van der Waals surface area contributed by atoms with Gasteiger partial charge in [0.25, 0.3) is 0 Å². The van der Waals surface area contributed by atoms with Gasteiger partial charge in [0.1, 0.15) is 23.7 Å². The molecule has 312 valence electrons.